The van der Waals surface area contributed by atoms with Gasteiger partial charge < -0.3 is 9.32 Å². The van der Waals surface area contributed by atoms with Gasteiger partial charge in [0, 0.05) is 27.8 Å². The van der Waals surface area contributed by atoms with Gasteiger partial charge in [-0.1, -0.05) is 182 Å². The number of fused-ring (bicyclic) bond motifs is 7. The minimum atomic E-state index is 0.890. The van der Waals surface area contributed by atoms with Gasteiger partial charge in [0.2, 0.25) is 0 Å². The smallest absolute Gasteiger partial charge is 0.136 e. The van der Waals surface area contributed by atoms with E-state index in [4.69, 9.17) is 4.42 Å². The highest BCUT2D eigenvalue weighted by Gasteiger charge is 2.18. The summed E-state index contributed by atoms with van der Waals surface area (Å²) < 4.78 is 6.33. The molecule has 0 fully saturated rings. The molecule has 0 spiro atoms. The average molecular weight is 790 g/mol. The van der Waals surface area contributed by atoms with E-state index in [0.717, 1.165) is 55.7 Å². The van der Waals surface area contributed by atoms with Crippen molar-refractivity contribution in [2.45, 2.75) is 0 Å². The molecule has 2 nitrogen and oxygen atoms in total. The van der Waals surface area contributed by atoms with Gasteiger partial charge >= 0.3 is 0 Å². The first-order valence-electron chi connectivity index (χ1n) is 21.2. The molecule has 0 aliphatic heterocycles. The Kier molecular flexibility index (Phi) is 8.53. The predicted octanol–water partition coefficient (Wildman–Crippen LogP) is 17.2. The van der Waals surface area contributed by atoms with Gasteiger partial charge in [-0.2, -0.15) is 0 Å². The molecule has 0 saturated carbocycles. The normalized spacial score (nSPS) is 11.5. The van der Waals surface area contributed by atoms with E-state index in [9.17, 15) is 0 Å². The summed E-state index contributed by atoms with van der Waals surface area (Å²) in [6.45, 7) is 0. The van der Waals surface area contributed by atoms with Crippen LogP contribution in [0.3, 0.4) is 0 Å². The van der Waals surface area contributed by atoms with E-state index in [1.165, 1.54) is 60.1 Å². The minimum absolute atomic E-state index is 0.890. The Morgan fingerprint density at radius 3 is 1.44 bits per heavy atom. The topological polar surface area (TPSA) is 16.4 Å². The highest BCUT2D eigenvalue weighted by Crippen LogP contribution is 2.43. The molecular weight excluding hydrogens is 751 g/mol. The largest absolute Gasteiger partial charge is 0.456 e. The summed E-state index contributed by atoms with van der Waals surface area (Å²) in [4.78, 5) is 2.39. The Bertz CT molecular complexity index is 3650. The first-order valence-corrected chi connectivity index (χ1v) is 21.2. The lowest BCUT2D eigenvalue weighted by atomic mass is 9.95. The summed E-state index contributed by atoms with van der Waals surface area (Å²) in [5, 5.41) is 9.80. The van der Waals surface area contributed by atoms with E-state index < -0.39 is 0 Å². The first kappa shape index (κ1) is 35.7. The Hall–Kier alpha value is -8.20. The molecule has 0 saturated heterocycles. The summed E-state index contributed by atoms with van der Waals surface area (Å²) in [5.41, 5.74) is 14.4. The molecule has 1 heterocycles. The van der Waals surface area contributed by atoms with Crippen molar-refractivity contribution in [2.75, 3.05) is 4.90 Å². The molecule has 0 aliphatic rings. The average Bonchev–Trinajstić information content (AvgIpc) is 3.73. The van der Waals surface area contributed by atoms with Crippen LogP contribution in [0.5, 0.6) is 0 Å². The zero-order valence-electron chi connectivity index (χ0n) is 33.9. The third-order valence-electron chi connectivity index (χ3n) is 12.4. The fourth-order valence-electron chi connectivity index (χ4n) is 9.43. The molecular formula is C60H39NO. The van der Waals surface area contributed by atoms with Crippen LogP contribution in [-0.2, 0) is 0 Å². The lowest BCUT2D eigenvalue weighted by molar-refractivity contribution is 0.669. The first-order chi connectivity index (χ1) is 30.7. The van der Waals surface area contributed by atoms with Crippen molar-refractivity contribution in [1.29, 1.82) is 0 Å². The van der Waals surface area contributed by atoms with Crippen molar-refractivity contribution in [1.82, 2.24) is 0 Å². The standard InChI is InChI=1S/C60H39NO/c1-3-21-52-42(12-1)14-10-24-54(52)47-16-8-19-50(37-47)61(51-20-9-17-48(38-51)55-25-11-27-59-60(55)56-23-5-6-26-58(56)62-59)49-18-7-15-45(36-49)40-28-30-41(31-29-40)46-35-34-44-33-32-43-13-2-4-22-53(43)57(44)39-46/h1-39H. The maximum absolute atomic E-state index is 6.33. The molecule has 11 aromatic carbocycles. The zero-order valence-corrected chi connectivity index (χ0v) is 33.9. The van der Waals surface area contributed by atoms with Crippen molar-refractivity contribution >= 4 is 71.3 Å². The number of hydrogen-bond donors (Lipinski definition) is 0. The zero-order chi connectivity index (χ0) is 41.0. The van der Waals surface area contributed by atoms with Crippen molar-refractivity contribution in [3.05, 3.63) is 237 Å². The van der Waals surface area contributed by atoms with Crippen molar-refractivity contribution in [3.8, 4) is 44.5 Å². The lowest BCUT2D eigenvalue weighted by Crippen LogP contribution is -2.10. The molecule has 62 heavy (non-hydrogen) atoms. The van der Waals surface area contributed by atoms with Gasteiger partial charge in [0.05, 0.1) is 0 Å². The highest BCUT2D eigenvalue weighted by molar-refractivity contribution is 6.13. The maximum Gasteiger partial charge on any atom is 0.136 e. The van der Waals surface area contributed by atoms with Gasteiger partial charge in [-0.05, 0) is 131 Å². The third kappa shape index (κ3) is 6.20. The summed E-state index contributed by atoms with van der Waals surface area (Å²) in [6.07, 6.45) is 0. The van der Waals surface area contributed by atoms with Crippen LogP contribution in [0.4, 0.5) is 17.1 Å². The molecule has 2 heteroatoms. The minimum Gasteiger partial charge on any atom is -0.456 e. The number of benzene rings is 11. The van der Waals surface area contributed by atoms with Crippen molar-refractivity contribution < 1.29 is 4.42 Å². The number of para-hydroxylation sites is 1. The maximum atomic E-state index is 6.33. The molecule has 1 aromatic heterocycles. The number of nitrogens with zero attached hydrogens (tertiary/aromatic N) is 1. The van der Waals surface area contributed by atoms with E-state index in [2.05, 4.69) is 229 Å². The molecule has 0 atom stereocenters. The summed E-state index contributed by atoms with van der Waals surface area (Å²) in [7, 11) is 0. The molecule has 290 valence electrons. The number of hydrogen-bond acceptors (Lipinski definition) is 2. The molecule has 0 aliphatic carbocycles. The van der Waals surface area contributed by atoms with E-state index in [0.29, 0.717) is 0 Å². The molecule has 0 unspecified atom stereocenters. The second-order valence-corrected chi connectivity index (χ2v) is 16.1. The molecule has 0 bridgehead atoms. The molecule has 0 N–H and O–H groups in total. The molecule has 12 aromatic rings. The highest BCUT2D eigenvalue weighted by atomic mass is 16.3. The van der Waals surface area contributed by atoms with Crippen LogP contribution in [0.15, 0.2) is 241 Å². The number of rotatable bonds is 7. The quantitative estimate of drug-likeness (QED) is 0.150. The van der Waals surface area contributed by atoms with Crippen LogP contribution >= 0.6 is 0 Å². The Morgan fingerprint density at radius 1 is 0.258 bits per heavy atom. The van der Waals surface area contributed by atoms with Gasteiger partial charge in [0.15, 0.2) is 0 Å². The predicted molar refractivity (Wildman–Crippen MR) is 263 cm³/mol. The van der Waals surface area contributed by atoms with Gasteiger partial charge in [-0.3, -0.25) is 0 Å². The van der Waals surface area contributed by atoms with Gasteiger partial charge in [0.1, 0.15) is 11.2 Å². The number of anilines is 3. The molecule has 12 rings (SSSR count). The second kappa shape index (κ2) is 14.8. The summed E-state index contributed by atoms with van der Waals surface area (Å²) >= 11 is 0. The van der Waals surface area contributed by atoms with Crippen LogP contribution < -0.4 is 4.90 Å². The summed E-state index contributed by atoms with van der Waals surface area (Å²) in [6, 6.07) is 85.6. The van der Waals surface area contributed by atoms with Gasteiger partial charge in [0.25, 0.3) is 0 Å². The Labute approximate surface area is 360 Å². The van der Waals surface area contributed by atoms with Crippen LogP contribution in [0.2, 0.25) is 0 Å². The van der Waals surface area contributed by atoms with E-state index in [1.54, 1.807) is 0 Å². The van der Waals surface area contributed by atoms with Crippen LogP contribution in [0.1, 0.15) is 0 Å². The fraction of sp³-hybridized carbons (Fsp3) is 0. The monoisotopic (exact) mass is 789 g/mol. The Balaban J connectivity index is 0.972. The van der Waals surface area contributed by atoms with E-state index in [1.807, 2.05) is 12.1 Å². The van der Waals surface area contributed by atoms with Crippen molar-refractivity contribution in [3.63, 3.8) is 0 Å². The van der Waals surface area contributed by atoms with Gasteiger partial charge in [-0.15, -0.1) is 0 Å². The molecule has 0 amide bonds. The van der Waals surface area contributed by atoms with E-state index in [-0.39, 0.29) is 0 Å². The third-order valence-corrected chi connectivity index (χ3v) is 12.4. The molecule has 0 radical (unpaired) electrons. The second-order valence-electron chi connectivity index (χ2n) is 16.1. The number of furan rings is 1. The van der Waals surface area contributed by atoms with Crippen LogP contribution in [0.25, 0.3) is 98.8 Å². The van der Waals surface area contributed by atoms with E-state index >= 15 is 0 Å². The fourth-order valence-corrected chi connectivity index (χ4v) is 9.43. The SMILES string of the molecule is c1cc(-c2ccc(-c3ccc4ccc5ccccc5c4c3)cc2)cc(N(c2cccc(-c3cccc4ccccc34)c2)c2cccc(-c3cccc4oc5ccccc5c34)c2)c1. The summed E-state index contributed by atoms with van der Waals surface area (Å²) in [5.74, 6) is 0. The van der Waals surface area contributed by atoms with Crippen LogP contribution in [0, 0.1) is 0 Å². The van der Waals surface area contributed by atoms with Crippen LogP contribution in [-0.4, -0.2) is 0 Å². The Morgan fingerprint density at radius 2 is 0.710 bits per heavy atom. The van der Waals surface area contributed by atoms with Gasteiger partial charge in [-0.25, -0.2) is 0 Å². The lowest BCUT2D eigenvalue weighted by Gasteiger charge is -2.27. The van der Waals surface area contributed by atoms with Crippen molar-refractivity contribution in [2.24, 2.45) is 0 Å².